The molecule has 0 saturated carbocycles. The first-order valence-corrected chi connectivity index (χ1v) is 9.85. The minimum Gasteiger partial charge on any atom is -0.450 e. The number of carbonyl (C=O) groups is 2. The lowest BCUT2D eigenvalue weighted by molar-refractivity contribution is -0.120. The van der Waals surface area contributed by atoms with Gasteiger partial charge in [0, 0.05) is 4.90 Å². The third-order valence-electron chi connectivity index (χ3n) is 3.91. The number of hydrogen-bond acceptors (Lipinski definition) is 4. The van der Waals surface area contributed by atoms with Crippen LogP contribution in [0.2, 0.25) is 0 Å². The number of thioether (sulfide) groups is 1. The molecular weight excluding hydrogens is 358 g/mol. The smallest absolute Gasteiger partial charge is 0.407 e. The maximum Gasteiger partial charge on any atom is 0.407 e. The van der Waals surface area contributed by atoms with Crippen LogP contribution < -0.4 is 5.32 Å². The average molecular weight is 384 g/mol. The summed E-state index contributed by atoms with van der Waals surface area (Å²) in [5, 5.41) is 2.40. The number of ether oxygens (including phenoxy) is 1. The zero-order chi connectivity index (χ0) is 19.5. The van der Waals surface area contributed by atoms with E-state index in [2.05, 4.69) is 11.9 Å². The van der Waals surface area contributed by atoms with Crippen molar-refractivity contribution in [2.24, 2.45) is 0 Å². The summed E-state index contributed by atoms with van der Waals surface area (Å²) in [6, 6.07) is 18.7. The number of alkyl carbamates (subject to hydrolysis) is 1. The quantitative estimate of drug-likeness (QED) is 0.479. The molecule has 4 nitrogen and oxygen atoms in total. The standard InChI is InChI=1S/C22H25NO3S/c1-3-11-20(27-18-14-9-6-10-15-18)21(24)19(23-22(25)26-4-2)16-17-12-7-5-8-13-17/h3,5-10,12-15,19-20H,1,4,11,16H2,2H3,(H,23,25)/t19-,20?/m0/s1. The molecule has 5 heteroatoms. The van der Waals surface area contributed by atoms with Crippen LogP contribution in [0.4, 0.5) is 4.79 Å². The molecule has 0 heterocycles. The monoisotopic (exact) mass is 383 g/mol. The van der Waals surface area contributed by atoms with Gasteiger partial charge in [0.05, 0.1) is 17.9 Å². The highest BCUT2D eigenvalue weighted by molar-refractivity contribution is 8.00. The predicted octanol–water partition coefficient (Wildman–Crippen LogP) is 4.65. The summed E-state index contributed by atoms with van der Waals surface area (Å²) in [6.07, 6.45) is 2.10. The first-order valence-electron chi connectivity index (χ1n) is 8.97. The lowest BCUT2D eigenvalue weighted by atomic mass is 9.99. The van der Waals surface area contributed by atoms with Crippen molar-refractivity contribution < 1.29 is 14.3 Å². The van der Waals surface area contributed by atoms with Crippen molar-refractivity contribution in [3.8, 4) is 0 Å². The Balaban J connectivity index is 2.19. The van der Waals surface area contributed by atoms with E-state index >= 15 is 0 Å². The number of hydrogen-bond donors (Lipinski definition) is 1. The Morgan fingerprint density at radius 2 is 1.74 bits per heavy atom. The van der Waals surface area contributed by atoms with E-state index in [0.717, 1.165) is 10.5 Å². The molecule has 2 aromatic rings. The summed E-state index contributed by atoms with van der Waals surface area (Å²) < 4.78 is 4.99. The molecule has 0 bridgehead atoms. The highest BCUT2D eigenvalue weighted by Crippen LogP contribution is 2.27. The number of nitrogens with one attached hydrogen (secondary N) is 1. The van der Waals surface area contributed by atoms with Gasteiger partial charge in [-0.3, -0.25) is 4.79 Å². The summed E-state index contributed by atoms with van der Waals surface area (Å²) in [5.74, 6) is -0.0411. The SMILES string of the molecule is C=CCC(Sc1ccccc1)C(=O)[C@H](Cc1ccccc1)NC(=O)OCC. The highest BCUT2D eigenvalue weighted by Gasteiger charge is 2.29. The number of ketones is 1. The van der Waals surface area contributed by atoms with Crippen molar-refractivity contribution in [1.29, 1.82) is 0 Å². The number of rotatable bonds is 10. The summed E-state index contributed by atoms with van der Waals surface area (Å²) >= 11 is 1.49. The van der Waals surface area contributed by atoms with Crippen LogP contribution in [-0.4, -0.2) is 29.8 Å². The van der Waals surface area contributed by atoms with Crippen molar-refractivity contribution in [3.63, 3.8) is 0 Å². The van der Waals surface area contributed by atoms with Gasteiger partial charge in [-0.05, 0) is 37.5 Å². The van der Waals surface area contributed by atoms with Crippen molar-refractivity contribution in [2.75, 3.05) is 6.61 Å². The molecule has 1 unspecified atom stereocenters. The highest BCUT2D eigenvalue weighted by atomic mass is 32.2. The van der Waals surface area contributed by atoms with Gasteiger partial charge in [-0.15, -0.1) is 18.3 Å². The molecule has 0 radical (unpaired) electrons. The second-order valence-electron chi connectivity index (χ2n) is 5.95. The zero-order valence-electron chi connectivity index (χ0n) is 15.5. The minimum atomic E-state index is -0.660. The lowest BCUT2D eigenvalue weighted by Gasteiger charge is -2.22. The van der Waals surface area contributed by atoms with Gasteiger partial charge in [0.25, 0.3) is 0 Å². The molecule has 0 aliphatic carbocycles. The van der Waals surface area contributed by atoms with E-state index in [-0.39, 0.29) is 17.6 Å². The molecule has 0 aliphatic heterocycles. The summed E-state index contributed by atoms with van der Waals surface area (Å²) in [7, 11) is 0. The summed E-state index contributed by atoms with van der Waals surface area (Å²) in [4.78, 5) is 26.2. The molecule has 0 aliphatic rings. The minimum absolute atomic E-state index is 0.0411. The molecule has 0 saturated heterocycles. The van der Waals surface area contributed by atoms with Crippen LogP contribution in [0.1, 0.15) is 18.9 Å². The Bertz CT molecular complexity index is 734. The Labute approximate surface area is 165 Å². The van der Waals surface area contributed by atoms with Crippen LogP contribution in [-0.2, 0) is 16.0 Å². The molecule has 2 rings (SSSR count). The third kappa shape index (κ3) is 6.94. The van der Waals surface area contributed by atoms with Crippen molar-refractivity contribution in [3.05, 3.63) is 78.9 Å². The van der Waals surface area contributed by atoms with Crippen LogP contribution in [0.3, 0.4) is 0 Å². The van der Waals surface area contributed by atoms with Gasteiger partial charge < -0.3 is 10.1 Å². The van der Waals surface area contributed by atoms with E-state index in [1.807, 2.05) is 60.7 Å². The van der Waals surface area contributed by atoms with Gasteiger partial charge in [-0.1, -0.05) is 54.6 Å². The van der Waals surface area contributed by atoms with Gasteiger partial charge in [0.1, 0.15) is 0 Å². The summed E-state index contributed by atoms with van der Waals surface area (Å²) in [5.41, 5.74) is 0.981. The predicted molar refractivity (Wildman–Crippen MR) is 110 cm³/mol. The number of benzene rings is 2. The summed E-state index contributed by atoms with van der Waals surface area (Å²) in [6.45, 7) is 5.77. The van der Waals surface area contributed by atoms with Crippen LogP contribution in [0.15, 0.2) is 78.2 Å². The van der Waals surface area contributed by atoms with E-state index in [1.165, 1.54) is 11.8 Å². The number of allylic oxidation sites excluding steroid dienone is 1. The van der Waals surface area contributed by atoms with Crippen molar-refractivity contribution in [1.82, 2.24) is 5.32 Å². The van der Waals surface area contributed by atoms with Gasteiger partial charge in [-0.2, -0.15) is 0 Å². The Hall–Kier alpha value is -2.53. The van der Waals surface area contributed by atoms with E-state index < -0.39 is 12.1 Å². The van der Waals surface area contributed by atoms with Gasteiger partial charge >= 0.3 is 6.09 Å². The number of Topliss-reactive ketones (excluding diaryl/α,β-unsaturated/α-hetero) is 1. The normalized spacial score (nSPS) is 12.6. The Morgan fingerprint density at radius 1 is 1.11 bits per heavy atom. The topological polar surface area (TPSA) is 55.4 Å². The first kappa shape index (κ1) is 20.8. The van der Waals surface area contributed by atoms with Crippen LogP contribution in [0.25, 0.3) is 0 Å². The van der Waals surface area contributed by atoms with E-state index in [9.17, 15) is 9.59 Å². The number of amides is 1. The molecule has 2 aromatic carbocycles. The zero-order valence-corrected chi connectivity index (χ0v) is 16.3. The third-order valence-corrected chi connectivity index (χ3v) is 5.17. The fourth-order valence-corrected chi connectivity index (χ4v) is 3.80. The largest absolute Gasteiger partial charge is 0.450 e. The average Bonchev–Trinajstić information content (AvgIpc) is 2.68. The Morgan fingerprint density at radius 3 is 2.33 bits per heavy atom. The maximum absolute atomic E-state index is 13.2. The van der Waals surface area contributed by atoms with Gasteiger partial charge in [0.2, 0.25) is 0 Å². The lowest BCUT2D eigenvalue weighted by Crippen LogP contribution is -2.46. The van der Waals surface area contributed by atoms with Crippen molar-refractivity contribution in [2.45, 2.75) is 36.0 Å². The van der Waals surface area contributed by atoms with E-state index in [4.69, 9.17) is 4.74 Å². The molecule has 142 valence electrons. The van der Waals surface area contributed by atoms with Gasteiger partial charge in [-0.25, -0.2) is 4.79 Å². The second-order valence-corrected chi connectivity index (χ2v) is 7.23. The molecular formula is C22H25NO3S. The van der Waals surface area contributed by atoms with E-state index in [0.29, 0.717) is 12.8 Å². The van der Waals surface area contributed by atoms with E-state index in [1.54, 1.807) is 13.0 Å². The Kier molecular flexibility index (Phi) is 8.65. The van der Waals surface area contributed by atoms with Crippen molar-refractivity contribution >= 4 is 23.6 Å². The van der Waals surface area contributed by atoms with Crippen LogP contribution in [0, 0.1) is 0 Å². The fraction of sp³-hybridized carbons (Fsp3) is 0.273. The van der Waals surface area contributed by atoms with Crippen LogP contribution in [0.5, 0.6) is 0 Å². The van der Waals surface area contributed by atoms with Gasteiger partial charge in [0.15, 0.2) is 5.78 Å². The second kappa shape index (κ2) is 11.2. The molecule has 1 N–H and O–H groups in total. The molecule has 0 aromatic heterocycles. The molecule has 27 heavy (non-hydrogen) atoms. The molecule has 2 atom stereocenters. The van der Waals surface area contributed by atoms with Crippen LogP contribution >= 0.6 is 11.8 Å². The maximum atomic E-state index is 13.2. The molecule has 0 spiro atoms. The molecule has 0 fully saturated rings. The number of carbonyl (C=O) groups excluding carboxylic acids is 2. The fourth-order valence-electron chi connectivity index (χ4n) is 2.65. The first-order chi connectivity index (χ1) is 13.1. The molecule has 1 amide bonds.